The summed E-state index contributed by atoms with van der Waals surface area (Å²) in [7, 11) is 1.72. The van der Waals surface area contributed by atoms with Crippen LogP contribution in [0.15, 0.2) is 24.3 Å². The Morgan fingerprint density at radius 1 is 0.897 bits per heavy atom. The number of benzene rings is 1. The van der Waals surface area contributed by atoms with Gasteiger partial charge in [-0.25, -0.2) is 9.59 Å². The van der Waals surface area contributed by atoms with Crippen molar-refractivity contribution in [1.82, 2.24) is 14.7 Å². The lowest BCUT2D eigenvalue weighted by Gasteiger charge is -2.37. The first kappa shape index (κ1) is 32.6. The fourth-order valence-corrected chi connectivity index (χ4v) is 4.51. The molecule has 0 spiro atoms. The van der Waals surface area contributed by atoms with Crippen molar-refractivity contribution >= 4 is 11.9 Å². The molecule has 1 aromatic carbocycles. The van der Waals surface area contributed by atoms with E-state index in [1.165, 1.54) is 44.6 Å². The molecule has 3 aliphatic rings. The third-order valence-electron chi connectivity index (χ3n) is 6.44. The minimum atomic E-state index is -5.08. The molecule has 4 rings (SSSR count). The second-order valence-corrected chi connectivity index (χ2v) is 9.21. The zero-order valence-corrected chi connectivity index (χ0v) is 21.4. The minimum absolute atomic E-state index is 0.380. The van der Waals surface area contributed by atoms with Crippen molar-refractivity contribution in [2.24, 2.45) is 0 Å². The number of halogens is 6. The Bertz CT molecular complexity index is 885. The zero-order valence-electron chi connectivity index (χ0n) is 21.4. The molecule has 0 aromatic heterocycles. The van der Waals surface area contributed by atoms with Crippen molar-refractivity contribution in [1.29, 1.82) is 0 Å². The topological polar surface area (TPSA) is 103 Å². The molecular formula is C24H33F6N3O6. The third kappa shape index (κ3) is 11.2. The largest absolute Gasteiger partial charge is 0.497 e. The number of nitrogens with zero attached hydrogens (tertiary/aromatic N) is 3. The van der Waals surface area contributed by atoms with E-state index in [1.807, 2.05) is 0 Å². The molecule has 3 saturated heterocycles. The fraction of sp³-hybridized carbons (Fsp3) is 0.667. The van der Waals surface area contributed by atoms with Crippen molar-refractivity contribution in [3.8, 4) is 5.75 Å². The molecule has 0 bridgehead atoms. The second-order valence-electron chi connectivity index (χ2n) is 9.21. The summed E-state index contributed by atoms with van der Waals surface area (Å²) < 4.78 is 74.8. The van der Waals surface area contributed by atoms with Gasteiger partial charge < -0.3 is 24.6 Å². The van der Waals surface area contributed by atoms with Gasteiger partial charge in [-0.05, 0) is 43.6 Å². The molecule has 2 N–H and O–H groups in total. The van der Waals surface area contributed by atoms with Gasteiger partial charge in [-0.3, -0.25) is 9.80 Å². The SMILES string of the molecule is COc1ccc(CN2C[C@@H]3OCCN(CCN4CCCC4)[C@@H]3C2)cc1.O=C(O)C(F)(F)F.O=C(O)C(F)(F)F. The van der Waals surface area contributed by atoms with Crippen LogP contribution in [0.4, 0.5) is 26.3 Å². The van der Waals surface area contributed by atoms with Gasteiger partial charge in [0.15, 0.2) is 0 Å². The van der Waals surface area contributed by atoms with Crippen LogP contribution in [-0.4, -0.2) is 121 Å². The van der Waals surface area contributed by atoms with Gasteiger partial charge in [0, 0.05) is 45.3 Å². The summed E-state index contributed by atoms with van der Waals surface area (Å²) in [4.78, 5) is 25.6. The average molecular weight is 574 g/mol. The zero-order chi connectivity index (χ0) is 29.2. The number of carboxylic acid groups (broad SMARTS) is 2. The van der Waals surface area contributed by atoms with Crippen LogP contribution < -0.4 is 4.74 Å². The van der Waals surface area contributed by atoms with Crippen molar-refractivity contribution in [3.63, 3.8) is 0 Å². The first-order valence-electron chi connectivity index (χ1n) is 12.2. The lowest BCUT2D eigenvalue weighted by Crippen LogP contribution is -2.52. The summed E-state index contributed by atoms with van der Waals surface area (Å²) in [5.74, 6) is -4.59. The molecule has 0 saturated carbocycles. The van der Waals surface area contributed by atoms with E-state index < -0.39 is 24.3 Å². The number of hydrogen-bond acceptors (Lipinski definition) is 7. The molecule has 0 unspecified atom stereocenters. The maximum atomic E-state index is 10.6. The van der Waals surface area contributed by atoms with Crippen LogP contribution in [-0.2, 0) is 20.9 Å². The molecule has 3 heterocycles. The van der Waals surface area contributed by atoms with Crippen LogP contribution in [0.2, 0.25) is 0 Å². The molecule has 9 nitrogen and oxygen atoms in total. The molecule has 2 atom stereocenters. The van der Waals surface area contributed by atoms with E-state index in [-0.39, 0.29) is 0 Å². The van der Waals surface area contributed by atoms with E-state index in [1.54, 1.807) is 7.11 Å². The summed E-state index contributed by atoms with van der Waals surface area (Å²) in [6, 6.07) is 9.02. The van der Waals surface area contributed by atoms with E-state index in [4.69, 9.17) is 29.3 Å². The highest BCUT2D eigenvalue weighted by molar-refractivity contribution is 5.73. The van der Waals surface area contributed by atoms with Crippen LogP contribution in [0.1, 0.15) is 18.4 Å². The maximum absolute atomic E-state index is 10.6. The molecule has 15 heteroatoms. The molecule has 39 heavy (non-hydrogen) atoms. The van der Waals surface area contributed by atoms with Gasteiger partial charge >= 0.3 is 24.3 Å². The summed E-state index contributed by atoms with van der Waals surface area (Å²) in [6.45, 7) is 10.2. The predicted octanol–water partition coefficient (Wildman–Crippen LogP) is 2.94. The van der Waals surface area contributed by atoms with Crippen molar-refractivity contribution in [2.45, 2.75) is 43.9 Å². The Balaban J connectivity index is 0.000000317. The summed E-state index contributed by atoms with van der Waals surface area (Å²) in [6.07, 6.45) is -7.03. The van der Waals surface area contributed by atoms with Gasteiger partial charge in [0.1, 0.15) is 5.75 Å². The second kappa shape index (κ2) is 14.7. The fourth-order valence-electron chi connectivity index (χ4n) is 4.51. The molecule has 3 fully saturated rings. The number of morpholine rings is 1. The predicted molar refractivity (Wildman–Crippen MR) is 126 cm³/mol. The van der Waals surface area contributed by atoms with Crippen molar-refractivity contribution < 1.29 is 55.6 Å². The first-order valence-corrected chi connectivity index (χ1v) is 12.2. The minimum Gasteiger partial charge on any atom is -0.497 e. The van der Waals surface area contributed by atoms with Gasteiger partial charge in [0.2, 0.25) is 0 Å². The van der Waals surface area contributed by atoms with Gasteiger partial charge in [-0.1, -0.05) is 12.1 Å². The van der Waals surface area contributed by atoms with E-state index in [0.717, 1.165) is 38.5 Å². The van der Waals surface area contributed by atoms with Crippen LogP contribution >= 0.6 is 0 Å². The van der Waals surface area contributed by atoms with Crippen molar-refractivity contribution in [2.75, 3.05) is 59.5 Å². The Morgan fingerprint density at radius 2 is 1.44 bits per heavy atom. The molecule has 3 aliphatic heterocycles. The number of carbonyl (C=O) groups is 2. The monoisotopic (exact) mass is 573 g/mol. The highest BCUT2D eigenvalue weighted by Gasteiger charge is 2.40. The third-order valence-corrected chi connectivity index (χ3v) is 6.44. The average Bonchev–Trinajstić information content (AvgIpc) is 3.52. The van der Waals surface area contributed by atoms with Gasteiger partial charge in [-0.15, -0.1) is 0 Å². The van der Waals surface area contributed by atoms with E-state index in [2.05, 4.69) is 39.0 Å². The van der Waals surface area contributed by atoms with E-state index in [0.29, 0.717) is 12.1 Å². The Morgan fingerprint density at radius 3 is 1.92 bits per heavy atom. The molecule has 0 amide bonds. The molecule has 0 aliphatic carbocycles. The Kier molecular flexibility index (Phi) is 12.3. The number of hydrogen-bond donors (Lipinski definition) is 2. The maximum Gasteiger partial charge on any atom is 0.490 e. The Hall–Kier alpha value is -2.62. The normalized spacial score (nSPS) is 22.2. The molecular weight excluding hydrogens is 540 g/mol. The molecule has 0 radical (unpaired) electrons. The van der Waals surface area contributed by atoms with Gasteiger partial charge in [0.25, 0.3) is 0 Å². The van der Waals surface area contributed by atoms with Crippen LogP contribution in [0.25, 0.3) is 0 Å². The Labute approximate surface area is 221 Å². The first-order chi connectivity index (χ1) is 18.2. The quantitative estimate of drug-likeness (QED) is 0.498. The van der Waals surface area contributed by atoms with Crippen LogP contribution in [0.3, 0.4) is 0 Å². The number of likely N-dealkylation sites (tertiary alicyclic amines) is 2. The number of fused-ring (bicyclic) bond motifs is 1. The number of aliphatic carboxylic acids is 2. The van der Waals surface area contributed by atoms with E-state index >= 15 is 0 Å². The molecule has 1 aromatic rings. The lowest BCUT2D eigenvalue weighted by atomic mass is 10.1. The van der Waals surface area contributed by atoms with Crippen molar-refractivity contribution in [3.05, 3.63) is 29.8 Å². The number of carboxylic acids is 2. The number of alkyl halides is 6. The number of rotatable bonds is 6. The summed E-state index contributed by atoms with van der Waals surface area (Å²) in [5, 5.41) is 14.2. The van der Waals surface area contributed by atoms with Gasteiger partial charge in [0.05, 0.1) is 19.8 Å². The smallest absolute Gasteiger partial charge is 0.490 e. The highest BCUT2D eigenvalue weighted by Crippen LogP contribution is 2.25. The van der Waals surface area contributed by atoms with E-state index in [9.17, 15) is 26.3 Å². The number of ether oxygens (including phenoxy) is 2. The standard InChI is InChI=1S/C20H31N3O2.2C2HF3O2/c1-24-18-6-4-17(5-7-18)14-22-15-19-20(16-22)25-13-12-23(19)11-10-21-8-2-3-9-21;2*3-2(4,5)1(6)7/h4-7,19-20H,2-3,8-16H2,1H3;2*(H,6,7)/t19-,20+;;/m1../s1. The number of methoxy groups -OCH3 is 1. The molecule has 222 valence electrons. The lowest BCUT2D eigenvalue weighted by molar-refractivity contribution is -0.193. The summed E-state index contributed by atoms with van der Waals surface area (Å²) >= 11 is 0. The van der Waals surface area contributed by atoms with Crippen LogP contribution in [0, 0.1) is 0 Å². The highest BCUT2D eigenvalue weighted by atomic mass is 19.4. The van der Waals surface area contributed by atoms with Crippen LogP contribution in [0.5, 0.6) is 5.75 Å². The van der Waals surface area contributed by atoms with Gasteiger partial charge in [-0.2, -0.15) is 26.3 Å². The summed E-state index contributed by atoms with van der Waals surface area (Å²) in [5.41, 5.74) is 1.35.